The fourth-order valence-corrected chi connectivity index (χ4v) is 1.84. The highest BCUT2D eigenvalue weighted by Gasteiger charge is 2.02. The Bertz CT molecular complexity index is 607. The van der Waals surface area contributed by atoms with E-state index in [2.05, 4.69) is 24.1 Å². The monoisotopic (exact) mass is 299 g/mol. The summed E-state index contributed by atoms with van der Waals surface area (Å²) in [6.07, 6.45) is 1.85. The number of aromatic nitrogens is 1. The molecular formula is C17H21N3O2. The number of ether oxygens (including phenoxy) is 1. The lowest BCUT2D eigenvalue weighted by atomic mass is 10.2. The van der Waals surface area contributed by atoms with Crippen LogP contribution in [0.5, 0.6) is 5.75 Å². The van der Waals surface area contributed by atoms with Crippen LogP contribution in [0.3, 0.4) is 0 Å². The summed E-state index contributed by atoms with van der Waals surface area (Å²) in [6.45, 7) is 5.41. The zero-order valence-corrected chi connectivity index (χ0v) is 12.9. The van der Waals surface area contributed by atoms with E-state index < -0.39 is 5.91 Å². The Hall–Kier alpha value is -2.40. The molecule has 0 aliphatic heterocycles. The van der Waals surface area contributed by atoms with Crippen molar-refractivity contribution >= 4 is 5.91 Å². The number of carbonyl (C=O) groups is 1. The first-order valence-electron chi connectivity index (χ1n) is 7.24. The van der Waals surface area contributed by atoms with Gasteiger partial charge < -0.3 is 15.8 Å². The number of primary amides is 1. The number of amides is 1. The predicted octanol–water partition coefficient (Wildman–Crippen LogP) is 2.26. The van der Waals surface area contributed by atoms with Crippen LogP contribution in [-0.2, 0) is 13.2 Å². The minimum absolute atomic E-state index is 0.383. The lowest BCUT2D eigenvalue weighted by Crippen LogP contribution is -2.21. The summed E-state index contributed by atoms with van der Waals surface area (Å²) in [5, 5.41) is 3.34. The van der Waals surface area contributed by atoms with Crippen LogP contribution in [0, 0.1) is 0 Å². The van der Waals surface area contributed by atoms with E-state index in [-0.39, 0.29) is 0 Å². The molecule has 1 amide bonds. The highest BCUT2D eigenvalue weighted by Crippen LogP contribution is 2.13. The van der Waals surface area contributed by atoms with Crippen molar-refractivity contribution in [2.24, 2.45) is 5.73 Å². The van der Waals surface area contributed by atoms with Crippen LogP contribution in [0.1, 0.15) is 35.5 Å². The Kier molecular flexibility index (Phi) is 5.49. The molecule has 0 aliphatic carbocycles. The largest absolute Gasteiger partial charge is 0.487 e. The van der Waals surface area contributed by atoms with Crippen LogP contribution >= 0.6 is 0 Å². The van der Waals surface area contributed by atoms with Crippen LogP contribution in [0.25, 0.3) is 0 Å². The molecule has 5 heteroatoms. The molecule has 0 radical (unpaired) electrons. The van der Waals surface area contributed by atoms with E-state index in [1.54, 1.807) is 24.3 Å². The Morgan fingerprint density at radius 3 is 2.50 bits per heavy atom. The summed E-state index contributed by atoms with van der Waals surface area (Å²) >= 11 is 0. The second-order valence-corrected chi connectivity index (χ2v) is 5.37. The van der Waals surface area contributed by atoms with Crippen molar-refractivity contribution in [1.29, 1.82) is 0 Å². The van der Waals surface area contributed by atoms with Gasteiger partial charge in [0.2, 0.25) is 5.91 Å². The molecule has 0 atom stereocenters. The number of benzene rings is 1. The third-order valence-electron chi connectivity index (χ3n) is 3.13. The highest BCUT2D eigenvalue weighted by molar-refractivity contribution is 5.92. The average Bonchev–Trinajstić information content (AvgIpc) is 2.52. The van der Waals surface area contributed by atoms with Gasteiger partial charge in [-0.2, -0.15) is 0 Å². The van der Waals surface area contributed by atoms with E-state index in [0.29, 0.717) is 24.0 Å². The van der Waals surface area contributed by atoms with Crippen molar-refractivity contribution in [2.75, 3.05) is 0 Å². The van der Waals surface area contributed by atoms with Crippen molar-refractivity contribution in [3.8, 4) is 5.75 Å². The van der Waals surface area contributed by atoms with Crippen LogP contribution in [0.4, 0.5) is 0 Å². The zero-order chi connectivity index (χ0) is 15.9. The van der Waals surface area contributed by atoms with Crippen LogP contribution in [0.15, 0.2) is 42.6 Å². The number of rotatable bonds is 7. The van der Waals surface area contributed by atoms with Crippen molar-refractivity contribution in [3.05, 3.63) is 59.4 Å². The van der Waals surface area contributed by atoms with Gasteiger partial charge in [0.05, 0.1) is 5.69 Å². The summed E-state index contributed by atoms with van der Waals surface area (Å²) in [5.74, 6) is 0.233. The Morgan fingerprint density at radius 1 is 1.23 bits per heavy atom. The van der Waals surface area contributed by atoms with Crippen LogP contribution in [-0.4, -0.2) is 16.9 Å². The summed E-state index contributed by atoms with van der Waals surface area (Å²) < 4.78 is 5.63. The molecule has 1 aromatic heterocycles. The number of nitrogens with zero attached hydrogens (tertiary/aromatic N) is 1. The molecule has 1 aromatic carbocycles. The first-order valence-corrected chi connectivity index (χ1v) is 7.24. The number of nitrogens with one attached hydrogen (secondary N) is 1. The maximum atomic E-state index is 11.0. The van der Waals surface area contributed by atoms with Gasteiger partial charge in [-0.05, 0) is 35.9 Å². The van der Waals surface area contributed by atoms with Gasteiger partial charge in [0, 0.05) is 24.3 Å². The molecule has 0 saturated heterocycles. The van der Waals surface area contributed by atoms with Gasteiger partial charge in [-0.1, -0.05) is 19.9 Å². The number of hydrogen-bond donors (Lipinski definition) is 2. The second kappa shape index (κ2) is 7.56. The van der Waals surface area contributed by atoms with Gasteiger partial charge in [0.1, 0.15) is 12.4 Å². The van der Waals surface area contributed by atoms with E-state index >= 15 is 0 Å². The van der Waals surface area contributed by atoms with Gasteiger partial charge in [0.15, 0.2) is 0 Å². The molecule has 5 nitrogen and oxygen atoms in total. The Labute approximate surface area is 130 Å². The highest BCUT2D eigenvalue weighted by atomic mass is 16.5. The van der Waals surface area contributed by atoms with Crippen molar-refractivity contribution in [2.45, 2.75) is 33.0 Å². The van der Waals surface area contributed by atoms with Gasteiger partial charge >= 0.3 is 0 Å². The van der Waals surface area contributed by atoms with Crippen LogP contribution in [0.2, 0.25) is 0 Å². The first kappa shape index (κ1) is 16.0. The smallest absolute Gasteiger partial charge is 0.248 e. The average molecular weight is 299 g/mol. The summed E-state index contributed by atoms with van der Waals surface area (Å²) in [4.78, 5) is 15.4. The summed E-state index contributed by atoms with van der Waals surface area (Å²) in [7, 11) is 0. The normalized spacial score (nSPS) is 10.7. The molecule has 0 unspecified atom stereocenters. The van der Waals surface area contributed by atoms with E-state index in [4.69, 9.17) is 10.5 Å². The van der Waals surface area contributed by atoms with Gasteiger partial charge in [0.25, 0.3) is 0 Å². The molecule has 0 fully saturated rings. The van der Waals surface area contributed by atoms with Gasteiger partial charge in [-0.15, -0.1) is 0 Å². The zero-order valence-electron chi connectivity index (χ0n) is 12.9. The second-order valence-electron chi connectivity index (χ2n) is 5.37. The van der Waals surface area contributed by atoms with E-state index in [9.17, 15) is 4.79 Å². The molecule has 22 heavy (non-hydrogen) atoms. The maximum Gasteiger partial charge on any atom is 0.248 e. The van der Waals surface area contributed by atoms with E-state index in [0.717, 1.165) is 17.8 Å². The fourth-order valence-electron chi connectivity index (χ4n) is 1.84. The van der Waals surface area contributed by atoms with Crippen molar-refractivity contribution in [3.63, 3.8) is 0 Å². The topological polar surface area (TPSA) is 77.2 Å². The first-order chi connectivity index (χ1) is 10.5. The minimum atomic E-state index is -0.446. The molecule has 0 spiro atoms. The Balaban J connectivity index is 1.87. The molecular weight excluding hydrogens is 278 g/mol. The third kappa shape index (κ3) is 4.86. The molecule has 3 N–H and O–H groups in total. The molecule has 0 bridgehead atoms. The maximum absolute atomic E-state index is 11.0. The fraction of sp³-hybridized carbons (Fsp3) is 0.294. The van der Waals surface area contributed by atoms with E-state index in [1.807, 2.05) is 18.3 Å². The molecule has 2 aromatic rings. The molecule has 116 valence electrons. The predicted molar refractivity (Wildman–Crippen MR) is 85.5 cm³/mol. The molecule has 1 heterocycles. The number of pyridine rings is 1. The molecule has 0 saturated carbocycles. The lowest BCUT2D eigenvalue weighted by molar-refractivity contribution is 0.1000. The van der Waals surface area contributed by atoms with Gasteiger partial charge in [-0.3, -0.25) is 9.78 Å². The number of nitrogens with two attached hydrogens (primary N) is 1. The SMILES string of the molecule is CC(C)NCc1ccc(COc2ccc(C(N)=O)cc2)nc1. The van der Waals surface area contributed by atoms with Gasteiger partial charge in [-0.25, -0.2) is 0 Å². The van der Waals surface area contributed by atoms with Crippen LogP contribution < -0.4 is 15.8 Å². The lowest BCUT2D eigenvalue weighted by Gasteiger charge is -2.09. The van der Waals surface area contributed by atoms with E-state index in [1.165, 1.54) is 0 Å². The summed E-state index contributed by atoms with van der Waals surface area (Å²) in [5.41, 5.74) is 7.65. The molecule has 2 rings (SSSR count). The number of hydrogen-bond acceptors (Lipinski definition) is 4. The van der Waals surface area contributed by atoms with Crippen molar-refractivity contribution < 1.29 is 9.53 Å². The molecule has 0 aliphatic rings. The standard InChI is InChI=1S/C17H21N3O2/c1-12(2)19-9-13-3-6-15(20-10-13)11-22-16-7-4-14(5-8-16)17(18)21/h3-8,10,12,19H,9,11H2,1-2H3,(H2,18,21). The quantitative estimate of drug-likeness (QED) is 0.822. The third-order valence-corrected chi connectivity index (χ3v) is 3.13. The summed E-state index contributed by atoms with van der Waals surface area (Å²) in [6, 6.07) is 11.2. The number of carbonyl (C=O) groups excluding carboxylic acids is 1. The minimum Gasteiger partial charge on any atom is -0.487 e. The Morgan fingerprint density at radius 2 is 1.95 bits per heavy atom. The van der Waals surface area contributed by atoms with Crippen molar-refractivity contribution in [1.82, 2.24) is 10.3 Å².